The second kappa shape index (κ2) is 7.81. The van der Waals surface area contributed by atoms with Gasteiger partial charge in [-0.05, 0) is 49.8 Å². The summed E-state index contributed by atoms with van der Waals surface area (Å²) in [5.41, 5.74) is 1.14. The van der Waals surface area contributed by atoms with E-state index in [1.54, 1.807) is 14.2 Å². The monoisotopic (exact) mass is 384 g/mol. The number of hydrogen-bond donors (Lipinski definition) is 0. The highest BCUT2D eigenvalue weighted by molar-refractivity contribution is 5.76. The molecule has 1 aliphatic carbocycles. The van der Waals surface area contributed by atoms with E-state index < -0.39 is 0 Å². The van der Waals surface area contributed by atoms with E-state index >= 15 is 0 Å². The van der Waals surface area contributed by atoms with Gasteiger partial charge in [0, 0.05) is 38.5 Å². The third-order valence-corrected chi connectivity index (χ3v) is 5.89. The number of methoxy groups -OCH3 is 1. The van der Waals surface area contributed by atoms with Crippen molar-refractivity contribution in [2.24, 2.45) is 7.05 Å². The van der Waals surface area contributed by atoms with Crippen molar-refractivity contribution in [2.75, 3.05) is 20.2 Å². The van der Waals surface area contributed by atoms with Crippen molar-refractivity contribution in [3.63, 3.8) is 0 Å². The van der Waals surface area contributed by atoms with Gasteiger partial charge in [0.2, 0.25) is 5.91 Å². The Morgan fingerprint density at radius 3 is 2.43 bits per heavy atom. The number of likely N-dealkylation sites (tertiary alicyclic amines) is 1. The Kier molecular flexibility index (Phi) is 5.24. The highest BCUT2D eigenvalue weighted by Gasteiger charge is 2.34. The standard InChI is InChI=1S/C21H28N4O3/c1-23-21(27)25(17-6-7-17)20(22-23)16-11-13-24(14-12-16)19(26)10-5-15-3-8-18(28-2)9-4-15/h3-4,8-9,16-17H,5-7,10-14H2,1-2H3. The Morgan fingerprint density at radius 2 is 1.82 bits per heavy atom. The maximum absolute atomic E-state index is 12.6. The van der Waals surface area contributed by atoms with E-state index in [0.717, 1.165) is 62.3 Å². The summed E-state index contributed by atoms with van der Waals surface area (Å²) < 4.78 is 8.52. The van der Waals surface area contributed by atoms with Gasteiger partial charge in [-0.15, -0.1) is 0 Å². The summed E-state index contributed by atoms with van der Waals surface area (Å²) in [7, 11) is 3.37. The van der Waals surface area contributed by atoms with Gasteiger partial charge >= 0.3 is 5.69 Å². The number of rotatable bonds is 6. The SMILES string of the molecule is COc1ccc(CCC(=O)N2CCC(c3nn(C)c(=O)n3C3CC3)CC2)cc1. The van der Waals surface area contributed by atoms with Crippen molar-refractivity contribution >= 4 is 5.91 Å². The molecule has 2 fully saturated rings. The second-order valence-corrected chi connectivity index (χ2v) is 7.87. The second-order valence-electron chi connectivity index (χ2n) is 7.87. The zero-order chi connectivity index (χ0) is 19.7. The zero-order valence-corrected chi connectivity index (χ0v) is 16.6. The van der Waals surface area contributed by atoms with Crippen LogP contribution in [0.15, 0.2) is 29.1 Å². The van der Waals surface area contributed by atoms with Crippen LogP contribution in [0, 0.1) is 0 Å². The summed E-state index contributed by atoms with van der Waals surface area (Å²) in [5.74, 6) is 2.21. The van der Waals surface area contributed by atoms with E-state index in [0.29, 0.717) is 12.5 Å². The van der Waals surface area contributed by atoms with E-state index in [1.165, 1.54) is 4.68 Å². The molecule has 1 aliphatic heterocycles. The highest BCUT2D eigenvalue weighted by Crippen LogP contribution is 2.37. The predicted molar refractivity (Wildman–Crippen MR) is 106 cm³/mol. The molecule has 0 unspecified atom stereocenters. The van der Waals surface area contributed by atoms with Crippen LogP contribution in [0.5, 0.6) is 5.75 Å². The number of ether oxygens (including phenoxy) is 1. The fraction of sp³-hybridized carbons (Fsp3) is 0.571. The summed E-state index contributed by atoms with van der Waals surface area (Å²) in [6, 6.07) is 8.21. The summed E-state index contributed by atoms with van der Waals surface area (Å²) in [5, 5.41) is 4.51. The molecule has 28 heavy (non-hydrogen) atoms. The van der Waals surface area contributed by atoms with Gasteiger partial charge in [0.25, 0.3) is 0 Å². The van der Waals surface area contributed by atoms with Gasteiger partial charge in [-0.25, -0.2) is 9.48 Å². The van der Waals surface area contributed by atoms with Crippen molar-refractivity contribution in [2.45, 2.75) is 50.5 Å². The average molecular weight is 384 g/mol. The van der Waals surface area contributed by atoms with Crippen molar-refractivity contribution < 1.29 is 9.53 Å². The molecule has 0 N–H and O–H groups in total. The molecule has 0 spiro atoms. The fourth-order valence-corrected chi connectivity index (χ4v) is 4.04. The van der Waals surface area contributed by atoms with Crippen LogP contribution in [0.25, 0.3) is 0 Å². The summed E-state index contributed by atoms with van der Waals surface area (Å²) in [6.07, 6.45) is 5.15. The maximum Gasteiger partial charge on any atom is 0.345 e. The Morgan fingerprint density at radius 1 is 1.14 bits per heavy atom. The molecule has 1 saturated carbocycles. The van der Waals surface area contributed by atoms with Crippen LogP contribution in [0.3, 0.4) is 0 Å². The smallest absolute Gasteiger partial charge is 0.345 e. The predicted octanol–water partition coefficient (Wildman–Crippen LogP) is 2.26. The van der Waals surface area contributed by atoms with Crippen LogP contribution in [0.2, 0.25) is 0 Å². The fourth-order valence-electron chi connectivity index (χ4n) is 4.04. The Hall–Kier alpha value is -2.57. The Balaban J connectivity index is 1.32. The number of piperidine rings is 1. The third-order valence-electron chi connectivity index (χ3n) is 5.89. The van der Waals surface area contributed by atoms with Crippen LogP contribution in [0.1, 0.15) is 55.5 Å². The Bertz CT molecular complexity index is 887. The minimum absolute atomic E-state index is 0.00417. The minimum atomic E-state index is -0.00417. The van der Waals surface area contributed by atoms with Crippen LogP contribution in [0.4, 0.5) is 0 Å². The molecule has 1 aromatic carbocycles. The molecule has 150 valence electrons. The van der Waals surface area contributed by atoms with Crippen molar-refractivity contribution in [3.8, 4) is 5.75 Å². The van der Waals surface area contributed by atoms with Crippen LogP contribution >= 0.6 is 0 Å². The van der Waals surface area contributed by atoms with Gasteiger partial charge in [0.1, 0.15) is 11.6 Å². The van der Waals surface area contributed by atoms with Gasteiger partial charge < -0.3 is 9.64 Å². The number of benzene rings is 1. The summed E-state index contributed by atoms with van der Waals surface area (Å²) >= 11 is 0. The Labute approximate surface area is 164 Å². The van der Waals surface area contributed by atoms with Gasteiger partial charge in [0.15, 0.2) is 0 Å². The van der Waals surface area contributed by atoms with Crippen molar-refractivity contribution in [1.82, 2.24) is 19.2 Å². The molecule has 2 aliphatic rings. The van der Waals surface area contributed by atoms with Crippen LogP contribution in [-0.2, 0) is 18.3 Å². The number of carbonyl (C=O) groups is 1. The molecule has 2 heterocycles. The van der Waals surface area contributed by atoms with E-state index in [4.69, 9.17) is 4.74 Å². The first-order chi connectivity index (χ1) is 13.6. The topological polar surface area (TPSA) is 69.4 Å². The molecule has 7 heteroatoms. The molecular formula is C21H28N4O3. The highest BCUT2D eigenvalue weighted by atomic mass is 16.5. The zero-order valence-electron chi connectivity index (χ0n) is 16.6. The number of carbonyl (C=O) groups excluding carboxylic acids is 1. The first-order valence-electron chi connectivity index (χ1n) is 10.1. The number of aromatic nitrogens is 3. The maximum atomic E-state index is 12.6. The normalized spacial score (nSPS) is 17.7. The number of hydrogen-bond acceptors (Lipinski definition) is 4. The van der Waals surface area contributed by atoms with Crippen LogP contribution in [-0.4, -0.2) is 45.4 Å². The lowest BCUT2D eigenvalue weighted by molar-refractivity contribution is -0.132. The summed E-state index contributed by atoms with van der Waals surface area (Å²) in [4.78, 5) is 26.9. The molecule has 1 aromatic heterocycles. The van der Waals surface area contributed by atoms with E-state index in [-0.39, 0.29) is 17.5 Å². The molecule has 4 rings (SSSR count). The first kappa shape index (κ1) is 18.8. The molecule has 7 nitrogen and oxygen atoms in total. The molecule has 2 aromatic rings. The van der Waals surface area contributed by atoms with Crippen molar-refractivity contribution in [1.29, 1.82) is 0 Å². The molecule has 1 saturated heterocycles. The molecule has 0 radical (unpaired) electrons. The van der Waals surface area contributed by atoms with Crippen LogP contribution < -0.4 is 10.4 Å². The molecule has 0 bridgehead atoms. The molecule has 1 amide bonds. The quantitative estimate of drug-likeness (QED) is 0.766. The van der Waals surface area contributed by atoms with Gasteiger partial charge in [-0.3, -0.25) is 9.36 Å². The average Bonchev–Trinajstić information content (AvgIpc) is 3.52. The van der Waals surface area contributed by atoms with Gasteiger partial charge in [0.05, 0.1) is 7.11 Å². The lowest BCUT2D eigenvalue weighted by Gasteiger charge is -2.31. The molecular weight excluding hydrogens is 356 g/mol. The number of amides is 1. The number of nitrogens with zero attached hydrogens (tertiary/aromatic N) is 4. The van der Waals surface area contributed by atoms with Gasteiger partial charge in [-0.1, -0.05) is 12.1 Å². The van der Waals surface area contributed by atoms with E-state index in [2.05, 4.69) is 5.10 Å². The first-order valence-corrected chi connectivity index (χ1v) is 10.1. The van der Waals surface area contributed by atoms with E-state index in [1.807, 2.05) is 33.7 Å². The van der Waals surface area contributed by atoms with Gasteiger partial charge in [-0.2, -0.15) is 5.10 Å². The third kappa shape index (κ3) is 3.84. The lowest BCUT2D eigenvalue weighted by Crippen LogP contribution is -2.38. The van der Waals surface area contributed by atoms with E-state index in [9.17, 15) is 9.59 Å². The van der Waals surface area contributed by atoms with Crippen molar-refractivity contribution in [3.05, 3.63) is 46.1 Å². The lowest BCUT2D eigenvalue weighted by atomic mass is 9.95. The number of aryl methyl sites for hydroxylation is 2. The minimum Gasteiger partial charge on any atom is -0.497 e. The molecule has 0 atom stereocenters. The summed E-state index contributed by atoms with van der Waals surface area (Å²) in [6.45, 7) is 1.48. The largest absolute Gasteiger partial charge is 0.497 e.